The number of aromatic nitrogens is 6. The third-order valence-corrected chi connectivity index (χ3v) is 7.34. The van der Waals surface area contributed by atoms with Gasteiger partial charge in [-0.25, -0.2) is 4.98 Å². The van der Waals surface area contributed by atoms with Crippen LogP contribution >= 0.6 is 22.7 Å². The first-order chi connectivity index (χ1) is 16.2. The molecule has 1 saturated carbocycles. The van der Waals surface area contributed by atoms with Crippen LogP contribution in [0.5, 0.6) is 0 Å². The Balaban J connectivity index is 1.12. The van der Waals surface area contributed by atoms with E-state index < -0.39 is 0 Å². The molecule has 1 amide bonds. The molecule has 0 spiro atoms. The van der Waals surface area contributed by atoms with Crippen LogP contribution < -0.4 is 10.6 Å². The van der Waals surface area contributed by atoms with Gasteiger partial charge in [-0.3, -0.25) is 9.78 Å². The SMILES string of the molecule is O=C(Cc1ccccn1)Nc1nnc(CC2CC[C@@H](c3nnc(Nc4ccccn4)s3)C2)s1. The molecule has 9 nitrogen and oxygen atoms in total. The molecule has 4 aromatic rings. The lowest BCUT2D eigenvalue weighted by Crippen LogP contribution is -2.14. The summed E-state index contributed by atoms with van der Waals surface area (Å²) in [5.74, 6) is 1.57. The number of hydrogen-bond donors (Lipinski definition) is 2. The van der Waals surface area contributed by atoms with E-state index in [1.54, 1.807) is 23.7 Å². The monoisotopic (exact) mass is 478 g/mol. The molecule has 4 heterocycles. The van der Waals surface area contributed by atoms with Crippen LogP contribution in [0.15, 0.2) is 48.8 Å². The Morgan fingerprint density at radius 3 is 2.61 bits per heavy atom. The van der Waals surface area contributed by atoms with Gasteiger partial charge in [0.05, 0.1) is 6.42 Å². The Morgan fingerprint density at radius 1 is 0.939 bits per heavy atom. The van der Waals surface area contributed by atoms with Crippen LogP contribution in [0.1, 0.15) is 40.9 Å². The molecule has 168 valence electrons. The molecule has 1 aliphatic rings. The summed E-state index contributed by atoms with van der Waals surface area (Å²) in [6, 6.07) is 11.2. The van der Waals surface area contributed by atoms with E-state index in [9.17, 15) is 4.79 Å². The highest BCUT2D eigenvalue weighted by molar-refractivity contribution is 7.15. The normalized spacial score (nSPS) is 17.7. The first kappa shape index (κ1) is 21.5. The van der Waals surface area contributed by atoms with Crippen LogP contribution in [-0.2, 0) is 17.6 Å². The minimum atomic E-state index is -0.135. The first-order valence-electron chi connectivity index (χ1n) is 10.7. The number of rotatable bonds is 8. The minimum absolute atomic E-state index is 0.135. The lowest BCUT2D eigenvalue weighted by Gasteiger charge is -2.07. The Morgan fingerprint density at radius 2 is 1.79 bits per heavy atom. The Labute approximate surface area is 198 Å². The van der Waals surface area contributed by atoms with E-state index in [1.165, 1.54) is 11.3 Å². The maximum atomic E-state index is 12.2. The molecule has 2 N–H and O–H groups in total. The number of amides is 1. The number of carbonyl (C=O) groups is 1. The average molecular weight is 479 g/mol. The van der Waals surface area contributed by atoms with E-state index in [-0.39, 0.29) is 12.3 Å². The van der Waals surface area contributed by atoms with E-state index in [1.807, 2.05) is 36.4 Å². The van der Waals surface area contributed by atoms with Gasteiger partial charge in [-0.05, 0) is 49.4 Å². The van der Waals surface area contributed by atoms with Crippen molar-refractivity contribution >= 4 is 44.7 Å². The average Bonchev–Trinajstić information content (AvgIpc) is 3.57. The van der Waals surface area contributed by atoms with E-state index in [0.717, 1.165) is 52.3 Å². The molecule has 1 fully saturated rings. The molecule has 5 rings (SSSR count). The lowest BCUT2D eigenvalue weighted by atomic mass is 10.0. The quantitative estimate of drug-likeness (QED) is 0.386. The number of nitrogens with one attached hydrogen (secondary N) is 2. The van der Waals surface area contributed by atoms with Crippen molar-refractivity contribution in [2.45, 2.75) is 38.0 Å². The fourth-order valence-corrected chi connectivity index (χ4v) is 5.71. The zero-order valence-electron chi connectivity index (χ0n) is 17.7. The van der Waals surface area contributed by atoms with Crippen LogP contribution in [-0.4, -0.2) is 36.3 Å². The fraction of sp³-hybridized carbons (Fsp3) is 0.318. The number of hydrogen-bond acceptors (Lipinski definition) is 10. The Bertz CT molecular complexity index is 1200. The maximum absolute atomic E-state index is 12.2. The molecule has 0 aromatic carbocycles. The molecule has 11 heteroatoms. The van der Waals surface area contributed by atoms with Crippen molar-refractivity contribution in [1.82, 2.24) is 30.4 Å². The van der Waals surface area contributed by atoms with Crippen molar-refractivity contribution in [1.29, 1.82) is 0 Å². The van der Waals surface area contributed by atoms with E-state index in [0.29, 0.717) is 17.0 Å². The van der Waals surface area contributed by atoms with E-state index >= 15 is 0 Å². The highest BCUT2D eigenvalue weighted by Gasteiger charge is 2.29. The smallest absolute Gasteiger partial charge is 0.232 e. The van der Waals surface area contributed by atoms with Gasteiger partial charge < -0.3 is 10.6 Å². The summed E-state index contributed by atoms with van der Waals surface area (Å²) in [5, 5.41) is 26.5. The lowest BCUT2D eigenvalue weighted by molar-refractivity contribution is -0.115. The molecule has 1 aliphatic carbocycles. The summed E-state index contributed by atoms with van der Waals surface area (Å²) in [5.41, 5.74) is 0.729. The number of nitrogens with zero attached hydrogens (tertiary/aromatic N) is 6. The minimum Gasteiger partial charge on any atom is -0.315 e. The van der Waals surface area contributed by atoms with Gasteiger partial charge in [-0.1, -0.05) is 34.8 Å². The highest BCUT2D eigenvalue weighted by Crippen LogP contribution is 2.41. The molecule has 1 unspecified atom stereocenters. The van der Waals surface area contributed by atoms with Crippen LogP contribution in [0.25, 0.3) is 0 Å². The molecular weight excluding hydrogens is 456 g/mol. The van der Waals surface area contributed by atoms with Gasteiger partial charge in [-0.15, -0.1) is 20.4 Å². The first-order valence-corrected chi connectivity index (χ1v) is 12.4. The van der Waals surface area contributed by atoms with Gasteiger partial charge in [-0.2, -0.15) is 0 Å². The molecule has 2 atom stereocenters. The van der Waals surface area contributed by atoms with Crippen LogP contribution in [0.2, 0.25) is 0 Å². The van der Waals surface area contributed by atoms with Crippen LogP contribution in [0.3, 0.4) is 0 Å². The van der Waals surface area contributed by atoms with Gasteiger partial charge in [0.1, 0.15) is 15.8 Å². The summed E-state index contributed by atoms with van der Waals surface area (Å²) >= 11 is 3.04. The molecule has 0 radical (unpaired) electrons. The topological polar surface area (TPSA) is 118 Å². The summed E-state index contributed by atoms with van der Waals surface area (Å²) in [6.07, 6.45) is 7.78. The molecular formula is C22H22N8OS2. The number of anilines is 3. The van der Waals surface area contributed by atoms with Crippen molar-refractivity contribution in [3.05, 3.63) is 64.5 Å². The largest absolute Gasteiger partial charge is 0.315 e. The molecule has 0 bridgehead atoms. The van der Waals surface area contributed by atoms with Gasteiger partial charge >= 0.3 is 0 Å². The highest BCUT2D eigenvalue weighted by atomic mass is 32.1. The zero-order valence-corrected chi connectivity index (χ0v) is 19.4. The van der Waals surface area contributed by atoms with E-state index in [4.69, 9.17) is 0 Å². The second-order valence-corrected chi connectivity index (χ2v) is 9.98. The molecule has 33 heavy (non-hydrogen) atoms. The summed E-state index contributed by atoms with van der Waals surface area (Å²) in [4.78, 5) is 20.7. The van der Waals surface area contributed by atoms with Crippen LogP contribution in [0, 0.1) is 5.92 Å². The second kappa shape index (κ2) is 10.1. The van der Waals surface area contributed by atoms with Gasteiger partial charge in [0, 0.05) is 30.4 Å². The third kappa shape index (κ3) is 5.74. The van der Waals surface area contributed by atoms with Gasteiger partial charge in [0.2, 0.25) is 16.2 Å². The van der Waals surface area contributed by atoms with Gasteiger partial charge in [0.15, 0.2) is 0 Å². The van der Waals surface area contributed by atoms with Crippen molar-refractivity contribution in [2.24, 2.45) is 5.92 Å². The molecule has 0 aliphatic heterocycles. The zero-order chi connectivity index (χ0) is 22.5. The molecule has 4 aromatic heterocycles. The Kier molecular flexibility index (Phi) is 6.58. The fourth-order valence-electron chi connectivity index (χ4n) is 3.95. The third-order valence-electron chi connectivity index (χ3n) is 5.48. The summed E-state index contributed by atoms with van der Waals surface area (Å²) in [7, 11) is 0. The predicted molar refractivity (Wildman–Crippen MR) is 128 cm³/mol. The van der Waals surface area contributed by atoms with Crippen molar-refractivity contribution < 1.29 is 4.79 Å². The van der Waals surface area contributed by atoms with Crippen molar-refractivity contribution in [3.8, 4) is 0 Å². The van der Waals surface area contributed by atoms with Crippen molar-refractivity contribution in [3.63, 3.8) is 0 Å². The van der Waals surface area contributed by atoms with E-state index in [2.05, 4.69) is 41.0 Å². The summed E-state index contributed by atoms with van der Waals surface area (Å²) in [6.45, 7) is 0. The maximum Gasteiger partial charge on any atom is 0.232 e. The Hall–Kier alpha value is -3.31. The number of pyridine rings is 2. The van der Waals surface area contributed by atoms with Crippen LogP contribution in [0.4, 0.5) is 16.1 Å². The number of carbonyl (C=O) groups excluding carboxylic acids is 1. The summed E-state index contributed by atoms with van der Waals surface area (Å²) < 4.78 is 0. The van der Waals surface area contributed by atoms with Crippen molar-refractivity contribution in [2.75, 3.05) is 10.6 Å². The van der Waals surface area contributed by atoms with Gasteiger partial charge in [0.25, 0.3) is 0 Å². The second-order valence-electron chi connectivity index (χ2n) is 7.91. The standard InChI is InChI=1S/C22H22N8OS2/c31-18(13-16-5-1-3-9-23-16)26-22-29-27-19(32-22)12-14-7-8-15(11-14)20-28-30-21(33-20)25-17-6-2-4-10-24-17/h1-6,9-10,14-15H,7-8,11-13H2,(H,24,25,30)(H,26,29,31)/t14?,15-/m1/s1. The molecule has 0 saturated heterocycles. The predicted octanol–water partition coefficient (Wildman–Crippen LogP) is 4.23.